The van der Waals surface area contributed by atoms with Gasteiger partial charge in [0.25, 0.3) is 12.0 Å². The van der Waals surface area contributed by atoms with Gasteiger partial charge in [-0.2, -0.15) is 0 Å². The molecule has 0 amide bonds. The van der Waals surface area contributed by atoms with Crippen molar-refractivity contribution in [1.29, 1.82) is 0 Å². The van der Waals surface area contributed by atoms with Crippen molar-refractivity contribution in [2.24, 2.45) is 0 Å². The topological polar surface area (TPSA) is 59.9 Å². The number of hydrogen-bond donors (Lipinski definition) is 1. The molecule has 1 N–H and O–H groups in total. The van der Waals surface area contributed by atoms with Crippen LogP contribution in [-0.2, 0) is 11.3 Å². The number of benzene rings is 1. The smallest absolute Gasteiger partial charge is 0.264 e. The van der Waals surface area contributed by atoms with Crippen molar-refractivity contribution in [3.8, 4) is 11.3 Å². The zero-order valence-electron chi connectivity index (χ0n) is 14.6. The zero-order chi connectivity index (χ0) is 20.4. The summed E-state index contributed by atoms with van der Waals surface area (Å²) in [5.41, 5.74) is -0.312. The first kappa shape index (κ1) is 20.9. The van der Waals surface area contributed by atoms with Gasteiger partial charge in [-0.3, -0.25) is 9.78 Å². The Labute approximate surface area is 173 Å². The number of alkyl halides is 2. The second-order valence-electron chi connectivity index (χ2n) is 5.98. The fourth-order valence-corrected chi connectivity index (χ4v) is 3.42. The second kappa shape index (κ2) is 8.65. The summed E-state index contributed by atoms with van der Waals surface area (Å²) in [6.45, 7) is 0.789. The van der Waals surface area contributed by atoms with E-state index in [0.29, 0.717) is 30.2 Å². The summed E-state index contributed by atoms with van der Waals surface area (Å²) in [6.07, 6.45) is -2.31. The molecule has 0 atom stereocenters. The number of ether oxygens (including phenoxy) is 1. The van der Waals surface area contributed by atoms with Crippen LogP contribution in [0.25, 0.3) is 22.3 Å². The molecule has 3 rings (SSSR count). The number of methoxy groups -OCH3 is 1. The van der Waals surface area contributed by atoms with Gasteiger partial charge in [0, 0.05) is 31.4 Å². The first-order valence-corrected chi connectivity index (χ1v) is 9.40. The molecule has 0 radical (unpaired) electrons. The maximum atomic E-state index is 13.8. The first-order chi connectivity index (χ1) is 13.3. The molecule has 0 saturated heterocycles. The van der Waals surface area contributed by atoms with Gasteiger partial charge in [-0.1, -0.05) is 29.3 Å². The summed E-state index contributed by atoms with van der Waals surface area (Å²) in [6, 6.07) is 5.89. The number of aromatic amines is 1. The Kier molecular flexibility index (Phi) is 6.44. The van der Waals surface area contributed by atoms with Crippen LogP contribution in [0, 0.1) is 4.77 Å². The molecule has 1 aromatic carbocycles. The van der Waals surface area contributed by atoms with E-state index in [-0.39, 0.29) is 26.5 Å². The van der Waals surface area contributed by atoms with Gasteiger partial charge >= 0.3 is 0 Å². The predicted molar refractivity (Wildman–Crippen MR) is 108 cm³/mol. The van der Waals surface area contributed by atoms with Crippen LogP contribution in [0.2, 0.25) is 10.0 Å². The van der Waals surface area contributed by atoms with Gasteiger partial charge in [0.05, 0.1) is 21.1 Å². The molecule has 0 saturated carbocycles. The Morgan fingerprint density at radius 2 is 2.04 bits per heavy atom. The third-order valence-electron chi connectivity index (χ3n) is 4.16. The van der Waals surface area contributed by atoms with E-state index in [1.165, 1.54) is 16.7 Å². The summed E-state index contributed by atoms with van der Waals surface area (Å²) in [5.74, 6) is 0. The van der Waals surface area contributed by atoms with E-state index in [9.17, 15) is 13.6 Å². The van der Waals surface area contributed by atoms with Gasteiger partial charge in [0.15, 0.2) is 4.77 Å². The van der Waals surface area contributed by atoms with E-state index in [1.807, 2.05) is 0 Å². The molecule has 28 heavy (non-hydrogen) atoms. The fraction of sp³-hybridized carbons (Fsp3) is 0.278. The maximum Gasteiger partial charge on any atom is 0.264 e. The molecular weight excluding hydrogens is 431 g/mol. The SMILES string of the molecule is COCCCn1c(=S)[nH]c(=O)c2c(C(F)F)cc(-c3ccc(Cl)c(Cl)c3)nc21. The molecule has 2 aromatic heterocycles. The molecule has 5 nitrogen and oxygen atoms in total. The highest BCUT2D eigenvalue weighted by atomic mass is 35.5. The van der Waals surface area contributed by atoms with Gasteiger partial charge in [-0.15, -0.1) is 0 Å². The summed E-state index contributed by atoms with van der Waals surface area (Å²) in [4.78, 5) is 19.3. The van der Waals surface area contributed by atoms with E-state index in [4.69, 9.17) is 40.2 Å². The Hall–Kier alpha value is -1.87. The number of pyridine rings is 1. The van der Waals surface area contributed by atoms with Gasteiger partial charge < -0.3 is 9.30 Å². The molecule has 0 bridgehead atoms. The minimum atomic E-state index is -2.88. The Morgan fingerprint density at radius 3 is 2.68 bits per heavy atom. The van der Waals surface area contributed by atoms with Crippen molar-refractivity contribution in [1.82, 2.24) is 14.5 Å². The molecule has 2 heterocycles. The van der Waals surface area contributed by atoms with E-state index in [0.717, 1.165) is 0 Å². The molecule has 10 heteroatoms. The van der Waals surface area contributed by atoms with Crippen LogP contribution in [0.5, 0.6) is 0 Å². The largest absolute Gasteiger partial charge is 0.385 e. The Bertz CT molecular complexity index is 1150. The highest BCUT2D eigenvalue weighted by Crippen LogP contribution is 2.32. The highest BCUT2D eigenvalue weighted by Gasteiger charge is 2.20. The lowest BCUT2D eigenvalue weighted by molar-refractivity contribution is 0.153. The van der Waals surface area contributed by atoms with Crippen LogP contribution >= 0.6 is 35.4 Å². The molecule has 0 aliphatic heterocycles. The summed E-state index contributed by atoms with van der Waals surface area (Å²) in [7, 11) is 1.56. The van der Waals surface area contributed by atoms with Crippen molar-refractivity contribution < 1.29 is 13.5 Å². The van der Waals surface area contributed by atoms with Crippen LogP contribution in [0.4, 0.5) is 8.78 Å². The molecular formula is C18H15Cl2F2N3O2S. The normalized spacial score (nSPS) is 11.5. The predicted octanol–water partition coefficient (Wildman–Crippen LogP) is 5.40. The number of halogens is 4. The first-order valence-electron chi connectivity index (χ1n) is 8.23. The lowest BCUT2D eigenvalue weighted by Gasteiger charge is -2.14. The molecule has 3 aromatic rings. The molecule has 0 aliphatic rings. The van der Waals surface area contributed by atoms with E-state index >= 15 is 0 Å². The second-order valence-corrected chi connectivity index (χ2v) is 7.18. The Morgan fingerprint density at radius 1 is 1.29 bits per heavy atom. The van der Waals surface area contributed by atoms with Crippen LogP contribution in [0.1, 0.15) is 18.4 Å². The van der Waals surface area contributed by atoms with Gasteiger partial charge in [-0.05, 0) is 36.8 Å². The number of rotatable bonds is 6. The number of H-pyrrole nitrogens is 1. The van der Waals surface area contributed by atoms with Crippen LogP contribution in [0.15, 0.2) is 29.1 Å². The minimum Gasteiger partial charge on any atom is -0.385 e. The van der Waals surface area contributed by atoms with Crippen molar-refractivity contribution in [3.05, 3.63) is 55.0 Å². The van der Waals surface area contributed by atoms with Crippen molar-refractivity contribution in [2.75, 3.05) is 13.7 Å². The lowest BCUT2D eigenvalue weighted by atomic mass is 10.1. The molecule has 0 aliphatic carbocycles. The van der Waals surface area contributed by atoms with Crippen molar-refractivity contribution in [3.63, 3.8) is 0 Å². The highest BCUT2D eigenvalue weighted by molar-refractivity contribution is 7.71. The standard InChI is InChI=1S/C18H15Cl2F2N3O2S/c1-27-6-2-5-25-16-14(17(26)24-18(25)28)10(15(21)22)8-13(23-16)9-3-4-11(19)12(20)7-9/h3-4,7-8,15H,2,5-6H2,1H3,(H,24,26,28). The number of aryl methyl sites for hydroxylation is 1. The zero-order valence-corrected chi connectivity index (χ0v) is 17.0. The molecule has 0 spiro atoms. The Balaban J connectivity index is 2.32. The van der Waals surface area contributed by atoms with Crippen LogP contribution in [-0.4, -0.2) is 28.3 Å². The monoisotopic (exact) mass is 445 g/mol. The molecule has 148 valence electrons. The molecule has 0 fully saturated rings. The summed E-state index contributed by atoms with van der Waals surface area (Å²) in [5, 5.41) is 0.409. The third-order valence-corrected chi connectivity index (χ3v) is 5.22. The van der Waals surface area contributed by atoms with Crippen molar-refractivity contribution in [2.45, 2.75) is 19.4 Å². The van der Waals surface area contributed by atoms with E-state index in [2.05, 4.69) is 9.97 Å². The lowest BCUT2D eigenvalue weighted by Crippen LogP contribution is -2.18. The van der Waals surface area contributed by atoms with Crippen molar-refractivity contribution >= 4 is 46.5 Å². The van der Waals surface area contributed by atoms with E-state index < -0.39 is 17.5 Å². The summed E-state index contributed by atoms with van der Waals surface area (Å²) < 4.78 is 34.2. The van der Waals surface area contributed by atoms with Gasteiger partial charge in [-0.25, -0.2) is 13.8 Å². The van der Waals surface area contributed by atoms with E-state index in [1.54, 1.807) is 19.2 Å². The number of aromatic nitrogens is 3. The number of nitrogens with one attached hydrogen (secondary N) is 1. The summed E-state index contributed by atoms with van der Waals surface area (Å²) >= 11 is 17.2. The van der Waals surface area contributed by atoms with Crippen LogP contribution < -0.4 is 5.56 Å². The number of fused-ring (bicyclic) bond motifs is 1. The number of hydrogen-bond acceptors (Lipinski definition) is 4. The minimum absolute atomic E-state index is 0.0868. The fourth-order valence-electron chi connectivity index (χ4n) is 2.85. The molecule has 0 unspecified atom stereocenters. The average molecular weight is 446 g/mol. The number of nitrogens with zero attached hydrogens (tertiary/aromatic N) is 2. The third kappa shape index (κ3) is 4.10. The van der Waals surface area contributed by atoms with Crippen LogP contribution in [0.3, 0.4) is 0 Å². The van der Waals surface area contributed by atoms with Gasteiger partial charge in [0.2, 0.25) is 0 Å². The quantitative estimate of drug-likeness (QED) is 0.407. The van der Waals surface area contributed by atoms with Gasteiger partial charge in [0.1, 0.15) is 5.65 Å². The maximum absolute atomic E-state index is 13.8. The average Bonchev–Trinajstić information content (AvgIpc) is 2.65.